The van der Waals surface area contributed by atoms with Crippen LogP contribution in [0.5, 0.6) is 0 Å². The molecule has 24 heavy (non-hydrogen) atoms. The zero-order chi connectivity index (χ0) is 17.3. The van der Waals surface area contributed by atoms with E-state index in [0.717, 1.165) is 30.5 Å². The van der Waals surface area contributed by atoms with Crippen LogP contribution in [0.15, 0.2) is 18.2 Å². The summed E-state index contributed by atoms with van der Waals surface area (Å²) in [7, 11) is 0. The lowest BCUT2D eigenvalue weighted by Crippen LogP contribution is -2.21. The molecule has 1 aliphatic heterocycles. The SMILES string of the molecule is Cc1ccc(F)c(NC(=O)c2c(C)nn([C@H]3CCCCO3)c2C)c1. The van der Waals surface area contributed by atoms with Gasteiger partial charge in [0.2, 0.25) is 0 Å². The quantitative estimate of drug-likeness (QED) is 0.928. The number of nitrogens with zero attached hydrogens (tertiary/aromatic N) is 2. The normalized spacial score (nSPS) is 17.8. The minimum atomic E-state index is -0.452. The molecule has 1 amide bonds. The summed E-state index contributed by atoms with van der Waals surface area (Å²) in [5.41, 5.74) is 2.90. The maximum absolute atomic E-state index is 13.9. The van der Waals surface area contributed by atoms with Crippen molar-refractivity contribution in [1.82, 2.24) is 9.78 Å². The third-order valence-electron chi connectivity index (χ3n) is 4.35. The van der Waals surface area contributed by atoms with Crippen LogP contribution in [-0.4, -0.2) is 22.3 Å². The molecular formula is C18H22FN3O2. The second-order valence-corrected chi connectivity index (χ2v) is 6.25. The smallest absolute Gasteiger partial charge is 0.259 e. The zero-order valence-corrected chi connectivity index (χ0v) is 14.2. The van der Waals surface area contributed by atoms with Gasteiger partial charge in [-0.1, -0.05) is 6.07 Å². The number of aromatic nitrogens is 2. The fourth-order valence-corrected chi connectivity index (χ4v) is 3.11. The lowest BCUT2D eigenvalue weighted by atomic mass is 10.1. The minimum absolute atomic E-state index is 0.130. The van der Waals surface area contributed by atoms with Gasteiger partial charge in [-0.05, 0) is 57.7 Å². The molecule has 0 unspecified atom stereocenters. The molecule has 3 rings (SSSR count). The zero-order valence-electron chi connectivity index (χ0n) is 14.2. The Morgan fingerprint density at radius 1 is 1.33 bits per heavy atom. The number of halogens is 1. The van der Waals surface area contributed by atoms with Crippen LogP contribution >= 0.6 is 0 Å². The van der Waals surface area contributed by atoms with Gasteiger partial charge >= 0.3 is 0 Å². The van der Waals surface area contributed by atoms with Gasteiger partial charge in [-0.2, -0.15) is 5.10 Å². The molecule has 0 saturated carbocycles. The number of carbonyl (C=O) groups excluding carboxylic acids is 1. The van der Waals surface area contributed by atoms with Crippen molar-refractivity contribution >= 4 is 11.6 Å². The average molecular weight is 331 g/mol. The van der Waals surface area contributed by atoms with Crippen LogP contribution < -0.4 is 5.32 Å². The standard InChI is InChI=1S/C18H22FN3O2/c1-11-7-8-14(19)15(10-11)20-18(23)17-12(2)21-22(13(17)3)16-6-4-5-9-24-16/h7-8,10,16H,4-6,9H2,1-3H3,(H,20,23)/t16-/m1/s1. The fraction of sp³-hybridized carbons (Fsp3) is 0.444. The maximum Gasteiger partial charge on any atom is 0.259 e. The van der Waals surface area contributed by atoms with Gasteiger partial charge in [0.1, 0.15) is 12.0 Å². The van der Waals surface area contributed by atoms with Crippen molar-refractivity contribution in [3.05, 3.63) is 46.5 Å². The number of anilines is 1. The molecule has 6 heteroatoms. The summed E-state index contributed by atoms with van der Waals surface area (Å²) in [6, 6.07) is 4.64. The lowest BCUT2D eigenvalue weighted by molar-refractivity contribution is -0.0408. The first-order valence-corrected chi connectivity index (χ1v) is 8.22. The first-order chi connectivity index (χ1) is 11.5. The molecule has 1 N–H and O–H groups in total. The van der Waals surface area contributed by atoms with E-state index in [2.05, 4.69) is 10.4 Å². The highest BCUT2D eigenvalue weighted by Crippen LogP contribution is 2.26. The summed E-state index contributed by atoms with van der Waals surface area (Å²) in [6.45, 7) is 6.19. The van der Waals surface area contributed by atoms with Crippen molar-refractivity contribution in [2.24, 2.45) is 0 Å². The van der Waals surface area contributed by atoms with Crippen LogP contribution in [0, 0.1) is 26.6 Å². The van der Waals surface area contributed by atoms with Gasteiger partial charge in [0.15, 0.2) is 0 Å². The van der Waals surface area contributed by atoms with Crippen molar-refractivity contribution < 1.29 is 13.9 Å². The van der Waals surface area contributed by atoms with Crippen molar-refractivity contribution in [2.45, 2.75) is 46.3 Å². The highest BCUT2D eigenvalue weighted by atomic mass is 19.1. The molecule has 0 aliphatic carbocycles. The third-order valence-corrected chi connectivity index (χ3v) is 4.35. The molecule has 1 aromatic heterocycles. The molecule has 1 aromatic carbocycles. The Morgan fingerprint density at radius 2 is 2.12 bits per heavy atom. The molecule has 0 bridgehead atoms. The summed E-state index contributed by atoms with van der Waals surface area (Å²) in [5, 5.41) is 7.13. The number of benzene rings is 1. The number of hydrogen-bond acceptors (Lipinski definition) is 3. The number of hydrogen-bond donors (Lipinski definition) is 1. The van der Waals surface area contributed by atoms with E-state index in [9.17, 15) is 9.18 Å². The molecule has 2 heterocycles. The molecule has 2 aromatic rings. The summed E-state index contributed by atoms with van der Waals surface area (Å²) in [4.78, 5) is 12.6. The number of nitrogens with one attached hydrogen (secondary N) is 1. The Labute approximate surface area is 140 Å². The number of ether oxygens (including phenoxy) is 1. The van der Waals surface area contributed by atoms with E-state index < -0.39 is 5.82 Å². The van der Waals surface area contributed by atoms with Crippen molar-refractivity contribution in [2.75, 3.05) is 11.9 Å². The number of aryl methyl sites for hydroxylation is 2. The van der Waals surface area contributed by atoms with E-state index in [1.54, 1.807) is 23.7 Å². The van der Waals surface area contributed by atoms with Crippen LogP contribution in [0.25, 0.3) is 0 Å². The van der Waals surface area contributed by atoms with Crippen LogP contribution in [0.3, 0.4) is 0 Å². The topological polar surface area (TPSA) is 56.2 Å². The van der Waals surface area contributed by atoms with Crippen LogP contribution in [0.4, 0.5) is 10.1 Å². The van der Waals surface area contributed by atoms with Gasteiger partial charge in [-0.15, -0.1) is 0 Å². The Kier molecular flexibility index (Phi) is 4.66. The van der Waals surface area contributed by atoms with Crippen LogP contribution in [0.2, 0.25) is 0 Å². The molecule has 1 saturated heterocycles. The molecule has 0 radical (unpaired) electrons. The van der Waals surface area contributed by atoms with Crippen molar-refractivity contribution in [3.8, 4) is 0 Å². The Hall–Kier alpha value is -2.21. The molecule has 1 aliphatic rings. The van der Waals surface area contributed by atoms with Crippen LogP contribution in [-0.2, 0) is 4.74 Å². The second kappa shape index (κ2) is 6.73. The van der Waals surface area contributed by atoms with E-state index >= 15 is 0 Å². The molecule has 0 spiro atoms. The monoisotopic (exact) mass is 331 g/mol. The van der Waals surface area contributed by atoms with Crippen molar-refractivity contribution in [3.63, 3.8) is 0 Å². The Balaban J connectivity index is 1.87. The summed E-state index contributed by atoms with van der Waals surface area (Å²) in [5.74, 6) is -0.802. The highest BCUT2D eigenvalue weighted by Gasteiger charge is 2.25. The fourth-order valence-electron chi connectivity index (χ4n) is 3.11. The minimum Gasteiger partial charge on any atom is -0.357 e. The van der Waals surface area contributed by atoms with Gasteiger partial charge in [-0.25, -0.2) is 9.07 Å². The third kappa shape index (κ3) is 3.19. The molecule has 5 nitrogen and oxygen atoms in total. The lowest BCUT2D eigenvalue weighted by Gasteiger charge is -2.24. The van der Waals surface area contributed by atoms with Crippen molar-refractivity contribution in [1.29, 1.82) is 0 Å². The Morgan fingerprint density at radius 3 is 2.83 bits per heavy atom. The predicted molar refractivity (Wildman–Crippen MR) is 89.6 cm³/mol. The number of rotatable bonds is 3. The van der Waals surface area contributed by atoms with E-state index in [1.807, 2.05) is 13.8 Å². The maximum atomic E-state index is 13.9. The largest absolute Gasteiger partial charge is 0.357 e. The van der Waals surface area contributed by atoms with E-state index in [-0.39, 0.29) is 17.8 Å². The predicted octanol–water partition coefficient (Wildman–Crippen LogP) is 3.90. The molecule has 128 valence electrons. The molecule has 1 fully saturated rings. The number of carbonyl (C=O) groups is 1. The summed E-state index contributed by atoms with van der Waals surface area (Å²) >= 11 is 0. The Bertz CT molecular complexity index is 764. The molecule has 1 atom stereocenters. The van der Waals surface area contributed by atoms with E-state index in [0.29, 0.717) is 17.9 Å². The number of amides is 1. The van der Waals surface area contributed by atoms with Crippen LogP contribution in [0.1, 0.15) is 52.8 Å². The van der Waals surface area contributed by atoms with Gasteiger partial charge < -0.3 is 10.1 Å². The second-order valence-electron chi connectivity index (χ2n) is 6.25. The van der Waals surface area contributed by atoms with Gasteiger partial charge in [0.25, 0.3) is 5.91 Å². The highest BCUT2D eigenvalue weighted by molar-refractivity contribution is 6.06. The van der Waals surface area contributed by atoms with E-state index in [1.165, 1.54) is 6.07 Å². The summed E-state index contributed by atoms with van der Waals surface area (Å²) < 4.78 is 21.4. The van der Waals surface area contributed by atoms with Gasteiger partial charge in [0.05, 0.1) is 22.6 Å². The first-order valence-electron chi connectivity index (χ1n) is 8.22. The van der Waals surface area contributed by atoms with E-state index in [4.69, 9.17) is 4.74 Å². The summed E-state index contributed by atoms with van der Waals surface area (Å²) in [6.07, 6.45) is 2.89. The van der Waals surface area contributed by atoms with Gasteiger partial charge in [-0.3, -0.25) is 4.79 Å². The van der Waals surface area contributed by atoms with Gasteiger partial charge in [0, 0.05) is 6.61 Å². The average Bonchev–Trinajstić information content (AvgIpc) is 2.86. The molecular weight excluding hydrogens is 309 g/mol. The first kappa shape index (κ1) is 16.6.